The summed E-state index contributed by atoms with van der Waals surface area (Å²) in [6, 6.07) is 0.798. The summed E-state index contributed by atoms with van der Waals surface area (Å²) < 4.78 is 0. The molecule has 1 saturated carbocycles. The van der Waals surface area contributed by atoms with Gasteiger partial charge in [-0.2, -0.15) is 0 Å². The molecule has 0 aromatic carbocycles. The third-order valence-electron chi connectivity index (χ3n) is 2.90. The molecule has 1 heterocycles. The molecule has 2 rings (SSSR count). The van der Waals surface area contributed by atoms with Gasteiger partial charge in [-0.1, -0.05) is 18.2 Å². The van der Waals surface area contributed by atoms with Crippen LogP contribution in [0, 0.1) is 0 Å². The van der Waals surface area contributed by atoms with Crippen molar-refractivity contribution in [3.63, 3.8) is 0 Å². The molecule has 0 bridgehead atoms. The van der Waals surface area contributed by atoms with E-state index in [1.54, 1.807) is 4.90 Å². The van der Waals surface area contributed by atoms with Crippen LogP contribution in [0.4, 0.5) is 0 Å². The summed E-state index contributed by atoms with van der Waals surface area (Å²) >= 11 is 5.57. The maximum Gasteiger partial charge on any atom is 0.264 e. The predicted molar refractivity (Wildman–Crippen MR) is 56.2 cm³/mol. The van der Waals surface area contributed by atoms with Crippen molar-refractivity contribution in [3.8, 4) is 0 Å². The average Bonchev–Trinajstić information content (AvgIpc) is 3.00. The van der Waals surface area contributed by atoms with Gasteiger partial charge < -0.3 is 4.90 Å². The van der Waals surface area contributed by atoms with Gasteiger partial charge in [-0.05, 0) is 12.8 Å². The van der Waals surface area contributed by atoms with Crippen LogP contribution >= 0.6 is 11.6 Å². The Labute approximate surface area is 89.3 Å². The molecule has 0 aromatic rings. The van der Waals surface area contributed by atoms with E-state index in [1.165, 1.54) is 12.8 Å². The van der Waals surface area contributed by atoms with Gasteiger partial charge in [0.05, 0.1) is 5.03 Å². The van der Waals surface area contributed by atoms with Gasteiger partial charge in [0.25, 0.3) is 5.91 Å². The maximum atomic E-state index is 11.5. The van der Waals surface area contributed by atoms with Crippen molar-refractivity contribution >= 4 is 17.5 Å². The zero-order chi connectivity index (χ0) is 10.1. The molecule has 1 amide bonds. The van der Waals surface area contributed by atoms with E-state index in [9.17, 15) is 4.79 Å². The monoisotopic (exact) mass is 214 g/mol. The Morgan fingerprint density at radius 1 is 1.21 bits per heavy atom. The average molecular weight is 215 g/mol. The third kappa shape index (κ3) is 2.10. The van der Waals surface area contributed by atoms with Crippen LogP contribution in [0.25, 0.3) is 0 Å². The van der Waals surface area contributed by atoms with Gasteiger partial charge in [-0.15, -0.1) is 0 Å². The van der Waals surface area contributed by atoms with Gasteiger partial charge in [-0.25, -0.2) is 0 Å². The minimum Gasteiger partial charge on any atom is -0.335 e. The highest BCUT2D eigenvalue weighted by Crippen LogP contribution is 2.27. The summed E-state index contributed by atoms with van der Waals surface area (Å²) in [6.07, 6.45) is 2.66. The molecular formula is C10H15ClN2O. The van der Waals surface area contributed by atoms with E-state index in [2.05, 4.69) is 11.5 Å². The van der Waals surface area contributed by atoms with Gasteiger partial charge in [-0.3, -0.25) is 9.69 Å². The predicted octanol–water partition coefficient (Wildman–Crippen LogP) is 1.05. The van der Waals surface area contributed by atoms with Crippen LogP contribution in [0.15, 0.2) is 11.6 Å². The molecule has 2 fully saturated rings. The van der Waals surface area contributed by atoms with Crippen molar-refractivity contribution in [2.75, 3.05) is 26.2 Å². The SMILES string of the molecule is C=C(Cl)C(=O)N1CCN(C2CC2)CC1. The van der Waals surface area contributed by atoms with E-state index < -0.39 is 0 Å². The van der Waals surface area contributed by atoms with Crippen molar-refractivity contribution in [2.45, 2.75) is 18.9 Å². The largest absolute Gasteiger partial charge is 0.335 e. The number of carbonyl (C=O) groups excluding carboxylic acids is 1. The van der Waals surface area contributed by atoms with Gasteiger partial charge >= 0.3 is 0 Å². The third-order valence-corrected chi connectivity index (χ3v) is 3.06. The first-order valence-electron chi connectivity index (χ1n) is 5.06. The molecule has 1 aliphatic carbocycles. The van der Waals surface area contributed by atoms with E-state index in [0.29, 0.717) is 0 Å². The molecule has 0 spiro atoms. The maximum absolute atomic E-state index is 11.5. The second-order valence-electron chi connectivity index (χ2n) is 3.96. The van der Waals surface area contributed by atoms with Gasteiger partial charge in [0.1, 0.15) is 0 Å². The Morgan fingerprint density at radius 2 is 1.79 bits per heavy atom. The Balaban J connectivity index is 1.82. The molecule has 3 nitrogen and oxygen atoms in total. The number of halogens is 1. The molecule has 1 aliphatic heterocycles. The summed E-state index contributed by atoms with van der Waals surface area (Å²) in [5, 5.41) is 0.130. The zero-order valence-electron chi connectivity index (χ0n) is 8.21. The summed E-state index contributed by atoms with van der Waals surface area (Å²) in [6.45, 7) is 7.02. The van der Waals surface area contributed by atoms with E-state index in [4.69, 9.17) is 11.6 Å². The fraction of sp³-hybridized carbons (Fsp3) is 0.700. The normalized spacial score (nSPS) is 23.6. The number of hydrogen-bond acceptors (Lipinski definition) is 2. The summed E-state index contributed by atoms with van der Waals surface area (Å²) in [4.78, 5) is 15.7. The van der Waals surface area contributed by atoms with Crippen LogP contribution in [-0.4, -0.2) is 47.9 Å². The quantitative estimate of drug-likeness (QED) is 0.642. The Hall–Kier alpha value is -0.540. The van der Waals surface area contributed by atoms with Crippen LogP contribution in [0.2, 0.25) is 0 Å². The van der Waals surface area contributed by atoms with Crippen molar-refractivity contribution in [1.29, 1.82) is 0 Å². The molecule has 14 heavy (non-hydrogen) atoms. The fourth-order valence-corrected chi connectivity index (χ4v) is 2.02. The lowest BCUT2D eigenvalue weighted by Gasteiger charge is -2.34. The Morgan fingerprint density at radius 3 is 2.21 bits per heavy atom. The standard InChI is InChI=1S/C10H15ClN2O/c1-8(11)10(14)13-6-4-12(5-7-13)9-2-3-9/h9H,1-7H2. The number of nitrogens with zero attached hydrogens (tertiary/aromatic N) is 2. The molecule has 0 atom stereocenters. The highest BCUT2D eigenvalue weighted by molar-refractivity contribution is 6.41. The highest BCUT2D eigenvalue weighted by Gasteiger charge is 2.32. The minimum absolute atomic E-state index is 0.109. The van der Waals surface area contributed by atoms with Crippen molar-refractivity contribution in [3.05, 3.63) is 11.6 Å². The highest BCUT2D eigenvalue weighted by atomic mass is 35.5. The Kier molecular flexibility index (Phi) is 2.79. The molecule has 1 saturated heterocycles. The first-order valence-corrected chi connectivity index (χ1v) is 5.44. The van der Waals surface area contributed by atoms with Crippen LogP contribution < -0.4 is 0 Å². The van der Waals surface area contributed by atoms with Crippen molar-refractivity contribution in [1.82, 2.24) is 9.80 Å². The first-order chi connectivity index (χ1) is 6.68. The van der Waals surface area contributed by atoms with Crippen LogP contribution in [0.5, 0.6) is 0 Å². The fourth-order valence-electron chi connectivity index (χ4n) is 1.90. The Bertz CT molecular complexity index is 255. The molecule has 0 radical (unpaired) electrons. The van der Waals surface area contributed by atoms with Crippen molar-refractivity contribution in [2.24, 2.45) is 0 Å². The van der Waals surface area contributed by atoms with Gasteiger partial charge in [0.2, 0.25) is 0 Å². The molecule has 4 heteroatoms. The molecule has 2 aliphatic rings. The number of amides is 1. The lowest BCUT2D eigenvalue weighted by molar-refractivity contribution is -0.128. The number of rotatable bonds is 2. The van der Waals surface area contributed by atoms with E-state index in [1.807, 2.05) is 0 Å². The summed E-state index contributed by atoms with van der Waals surface area (Å²) in [7, 11) is 0. The number of hydrogen-bond donors (Lipinski definition) is 0. The number of carbonyl (C=O) groups is 1. The molecule has 0 N–H and O–H groups in total. The van der Waals surface area contributed by atoms with Gasteiger partial charge in [0.15, 0.2) is 0 Å². The van der Waals surface area contributed by atoms with E-state index in [0.717, 1.165) is 32.2 Å². The first kappa shape index (κ1) is 9.99. The topological polar surface area (TPSA) is 23.6 Å². The zero-order valence-corrected chi connectivity index (χ0v) is 8.96. The second kappa shape index (κ2) is 3.91. The molecule has 0 unspecified atom stereocenters. The summed E-state index contributed by atoms with van der Waals surface area (Å²) in [5.74, 6) is -0.109. The van der Waals surface area contributed by atoms with Crippen LogP contribution in [0.3, 0.4) is 0 Å². The molecule has 78 valence electrons. The van der Waals surface area contributed by atoms with Gasteiger partial charge in [0, 0.05) is 32.2 Å². The lowest BCUT2D eigenvalue weighted by Crippen LogP contribution is -2.49. The van der Waals surface area contributed by atoms with Crippen LogP contribution in [0.1, 0.15) is 12.8 Å². The molecule has 0 aromatic heterocycles. The summed E-state index contributed by atoms with van der Waals surface area (Å²) in [5.41, 5.74) is 0. The minimum atomic E-state index is -0.109. The second-order valence-corrected chi connectivity index (χ2v) is 4.42. The van der Waals surface area contributed by atoms with E-state index >= 15 is 0 Å². The number of piperazine rings is 1. The smallest absolute Gasteiger partial charge is 0.264 e. The van der Waals surface area contributed by atoms with Crippen molar-refractivity contribution < 1.29 is 4.79 Å². The molecular weight excluding hydrogens is 200 g/mol. The lowest BCUT2D eigenvalue weighted by atomic mass is 10.3. The van der Waals surface area contributed by atoms with Crippen LogP contribution in [-0.2, 0) is 4.79 Å². The van der Waals surface area contributed by atoms with E-state index in [-0.39, 0.29) is 10.9 Å².